The molecule has 1 heterocycles. The molecule has 0 fully saturated rings. The van der Waals surface area contributed by atoms with Gasteiger partial charge in [0.1, 0.15) is 11.2 Å². The van der Waals surface area contributed by atoms with E-state index >= 15 is 0 Å². The summed E-state index contributed by atoms with van der Waals surface area (Å²) in [5.41, 5.74) is -0.375. The number of nitrogens with one attached hydrogen (secondary N) is 1. The molecule has 0 unspecified atom stereocenters. The summed E-state index contributed by atoms with van der Waals surface area (Å²) < 4.78 is 5.06. The van der Waals surface area contributed by atoms with E-state index in [9.17, 15) is 9.59 Å². The lowest BCUT2D eigenvalue weighted by Crippen LogP contribution is -2.28. The molecule has 0 saturated heterocycles. The smallest absolute Gasteiger partial charge is 0.413 e. The van der Waals surface area contributed by atoms with Crippen LogP contribution in [0.3, 0.4) is 0 Å². The maximum atomic E-state index is 11.7. The van der Waals surface area contributed by atoms with E-state index in [0.29, 0.717) is 12.1 Å². The quantitative estimate of drug-likeness (QED) is 0.893. The van der Waals surface area contributed by atoms with Gasteiger partial charge in [-0.15, -0.1) is 0 Å². The van der Waals surface area contributed by atoms with E-state index in [4.69, 9.17) is 21.4 Å². The number of ether oxygens (including phenoxy) is 1. The Bertz CT molecular complexity index is 538. The van der Waals surface area contributed by atoms with Crippen LogP contribution in [-0.2, 0) is 11.2 Å². The van der Waals surface area contributed by atoms with Crippen LogP contribution in [0, 0.1) is 0 Å². The lowest BCUT2D eigenvalue weighted by atomic mass is 10.2. The number of rotatable bonds is 3. The van der Waals surface area contributed by atoms with Gasteiger partial charge in [-0.3, -0.25) is 5.32 Å². The van der Waals surface area contributed by atoms with Crippen LogP contribution >= 0.6 is 11.6 Å². The Balaban J connectivity index is 3.12. The zero-order valence-electron chi connectivity index (χ0n) is 11.8. The third-order valence-corrected chi connectivity index (χ3v) is 2.52. The van der Waals surface area contributed by atoms with E-state index in [-0.39, 0.29) is 16.4 Å². The van der Waals surface area contributed by atoms with Crippen molar-refractivity contribution in [1.29, 1.82) is 0 Å². The summed E-state index contributed by atoms with van der Waals surface area (Å²) in [6.45, 7) is 6.95. The number of aromatic carboxylic acids is 1. The number of aryl methyl sites for hydroxylation is 1. The molecule has 6 nitrogen and oxygen atoms in total. The second-order valence-electron chi connectivity index (χ2n) is 5.10. The van der Waals surface area contributed by atoms with Gasteiger partial charge in [0, 0.05) is 5.69 Å². The van der Waals surface area contributed by atoms with Gasteiger partial charge in [-0.05, 0) is 33.3 Å². The Morgan fingerprint density at radius 2 is 2.05 bits per heavy atom. The zero-order chi connectivity index (χ0) is 15.5. The SMILES string of the molecule is CCc1cc(Cl)c(C(=O)O)c(NC(=O)OC(C)(C)C)n1. The standard InChI is InChI=1S/C13H17ClN2O4/c1-5-7-6-8(14)9(11(17)18)10(15-7)16-12(19)20-13(2,3)4/h6H,5H2,1-4H3,(H,17,18)(H,15,16,19). The molecule has 1 rings (SSSR count). The van der Waals surface area contributed by atoms with Crippen molar-refractivity contribution in [3.63, 3.8) is 0 Å². The van der Waals surface area contributed by atoms with Crippen molar-refractivity contribution in [1.82, 2.24) is 4.98 Å². The largest absolute Gasteiger partial charge is 0.478 e. The van der Waals surface area contributed by atoms with Crippen LogP contribution in [0.1, 0.15) is 43.7 Å². The van der Waals surface area contributed by atoms with Crippen molar-refractivity contribution in [3.8, 4) is 0 Å². The Morgan fingerprint density at radius 3 is 2.50 bits per heavy atom. The summed E-state index contributed by atoms with van der Waals surface area (Å²) in [5, 5.41) is 11.5. The van der Waals surface area contributed by atoms with Crippen molar-refractivity contribution in [2.75, 3.05) is 5.32 Å². The van der Waals surface area contributed by atoms with Gasteiger partial charge < -0.3 is 9.84 Å². The Morgan fingerprint density at radius 1 is 1.45 bits per heavy atom. The Labute approximate surface area is 122 Å². The average molecular weight is 301 g/mol. The molecule has 20 heavy (non-hydrogen) atoms. The van der Waals surface area contributed by atoms with Crippen LogP contribution in [-0.4, -0.2) is 27.8 Å². The third kappa shape index (κ3) is 4.38. The molecule has 7 heteroatoms. The van der Waals surface area contributed by atoms with Crippen LogP contribution in [0.15, 0.2) is 6.07 Å². The molecule has 110 valence electrons. The molecule has 1 amide bonds. The van der Waals surface area contributed by atoms with Crippen LogP contribution in [0.5, 0.6) is 0 Å². The highest BCUT2D eigenvalue weighted by Crippen LogP contribution is 2.25. The molecule has 0 aromatic carbocycles. The summed E-state index contributed by atoms with van der Waals surface area (Å²) >= 11 is 5.91. The first-order valence-electron chi connectivity index (χ1n) is 6.06. The van der Waals surface area contributed by atoms with Crippen molar-refractivity contribution in [2.45, 2.75) is 39.7 Å². The molecule has 1 aromatic rings. The van der Waals surface area contributed by atoms with Gasteiger partial charge in [-0.25, -0.2) is 14.6 Å². The van der Waals surface area contributed by atoms with Gasteiger partial charge in [0.25, 0.3) is 0 Å². The highest BCUT2D eigenvalue weighted by Gasteiger charge is 2.22. The first-order valence-corrected chi connectivity index (χ1v) is 6.44. The predicted molar refractivity (Wildman–Crippen MR) is 75.4 cm³/mol. The fourth-order valence-electron chi connectivity index (χ4n) is 1.44. The summed E-state index contributed by atoms with van der Waals surface area (Å²) in [4.78, 5) is 27.0. The van der Waals surface area contributed by atoms with Crippen LogP contribution in [0.25, 0.3) is 0 Å². The number of carbonyl (C=O) groups excluding carboxylic acids is 1. The number of aromatic nitrogens is 1. The van der Waals surface area contributed by atoms with Gasteiger partial charge in [-0.1, -0.05) is 18.5 Å². The minimum atomic E-state index is -1.27. The number of carbonyl (C=O) groups is 2. The fraction of sp³-hybridized carbons (Fsp3) is 0.462. The second kappa shape index (κ2) is 6.09. The topological polar surface area (TPSA) is 88.5 Å². The summed E-state index contributed by atoms with van der Waals surface area (Å²) in [5.74, 6) is -1.38. The van der Waals surface area contributed by atoms with E-state index in [1.807, 2.05) is 6.92 Å². The van der Waals surface area contributed by atoms with Crippen molar-refractivity contribution in [3.05, 3.63) is 22.3 Å². The molecule has 0 aliphatic heterocycles. The number of hydrogen-bond acceptors (Lipinski definition) is 4. The maximum absolute atomic E-state index is 11.7. The van der Waals surface area contributed by atoms with E-state index < -0.39 is 17.7 Å². The summed E-state index contributed by atoms with van der Waals surface area (Å²) in [6, 6.07) is 1.46. The number of carboxylic acids is 1. The molecule has 0 radical (unpaired) electrons. The van der Waals surface area contributed by atoms with Gasteiger partial charge in [0.2, 0.25) is 0 Å². The van der Waals surface area contributed by atoms with Crippen molar-refractivity contribution in [2.24, 2.45) is 0 Å². The number of halogens is 1. The minimum Gasteiger partial charge on any atom is -0.478 e. The van der Waals surface area contributed by atoms with Gasteiger partial charge in [0.15, 0.2) is 5.82 Å². The number of pyridine rings is 1. The Kier molecular flexibility index (Phi) is 4.94. The molecule has 0 spiro atoms. The number of anilines is 1. The molecule has 0 saturated carbocycles. The predicted octanol–water partition coefficient (Wildman–Crippen LogP) is 3.34. The molecule has 0 atom stereocenters. The van der Waals surface area contributed by atoms with Crippen LogP contribution in [0.4, 0.5) is 10.6 Å². The summed E-state index contributed by atoms with van der Waals surface area (Å²) in [6.07, 6.45) is -0.223. The van der Waals surface area contributed by atoms with E-state index in [0.717, 1.165) is 0 Å². The lowest BCUT2D eigenvalue weighted by molar-refractivity contribution is 0.0635. The highest BCUT2D eigenvalue weighted by molar-refractivity contribution is 6.34. The van der Waals surface area contributed by atoms with Crippen molar-refractivity contribution < 1.29 is 19.4 Å². The van der Waals surface area contributed by atoms with E-state index in [1.54, 1.807) is 20.8 Å². The van der Waals surface area contributed by atoms with E-state index in [2.05, 4.69) is 10.3 Å². The molecule has 0 aliphatic carbocycles. The highest BCUT2D eigenvalue weighted by atomic mass is 35.5. The number of amides is 1. The molecule has 2 N–H and O–H groups in total. The first-order chi connectivity index (χ1) is 9.14. The third-order valence-electron chi connectivity index (χ3n) is 2.22. The first kappa shape index (κ1) is 16.2. The molecule has 0 bridgehead atoms. The van der Waals surface area contributed by atoms with Gasteiger partial charge in [-0.2, -0.15) is 0 Å². The lowest BCUT2D eigenvalue weighted by Gasteiger charge is -2.20. The number of carboxylic acid groups (broad SMARTS) is 1. The summed E-state index contributed by atoms with van der Waals surface area (Å²) in [7, 11) is 0. The van der Waals surface area contributed by atoms with Crippen LogP contribution in [0.2, 0.25) is 5.02 Å². The average Bonchev–Trinajstić information content (AvgIpc) is 2.24. The minimum absolute atomic E-state index is 0.0235. The Hall–Kier alpha value is -1.82. The zero-order valence-corrected chi connectivity index (χ0v) is 12.5. The van der Waals surface area contributed by atoms with E-state index in [1.165, 1.54) is 6.07 Å². The monoisotopic (exact) mass is 300 g/mol. The molecule has 0 aliphatic rings. The molecular formula is C13H17ClN2O4. The van der Waals surface area contributed by atoms with Crippen molar-refractivity contribution >= 4 is 29.5 Å². The normalized spacial score (nSPS) is 11.1. The second-order valence-corrected chi connectivity index (χ2v) is 5.51. The van der Waals surface area contributed by atoms with Gasteiger partial charge in [0.05, 0.1) is 5.02 Å². The maximum Gasteiger partial charge on any atom is 0.413 e. The fourth-order valence-corrected chi connectivity index (χ4v) is 1.73. The number of hydrogen-bond donors (Lipinski definition) is 2. The number of nitrogens with zero attached hydrogens (tertiary/aromatic N) is 1. The molecule has 1 aromatic heterocycles. The van der Waals surface area contributed by atoms with Crippen LogP contribution < -0.4 is 5.32 Å². The molecular weight excluding hydrogens is 284 g/mol. The van der Waals surface area contributed by atoms with Gasteiger partial charge >= 0.3 is 12.1 Å².